The van der Waals surface area contributed by atoms with Crippen LogP contribution in [0.1, 0.15) is 25.8 Å². The Balaban J connectivity index is 2.54. The van der Waals surface area contributed by atoms with Crippen LogP contribution in [-0.4, -0.2) is 29.1 Å². The van der Waals surface area contributed by atoms with Crippen molar-refractivity contribution in [3.8, 4) is 0 Å². The maximum atomic E-state index is 5.92. The van der Waals surface area contributed by atoms with E-state index >= 15 is 0 Å². The Morgan fingerprint density at radius 2 is 1.87 bits per heavy atom. The molecule has 0 unspecified atom stereocenters. The summed E-state index contributed by atoms with van der Waals surface area (Å²) in [5, 5.41) is 0. The molecule has 0 spiro atoms. The van der Waals surface area contributed by atoms with Crippen LogP contribution in [0.15, 0.2) is 12.4 Å². The molecule has 0 aliphatic heterocycles. The summed E-state index contributed by atoms with van der Waals surface area (Å²) in [6, 6.07) is 0. The molecule has 1 heterocycles. The van der Waals surface area contributed by atoms with Crippen LogP contribution < -0.4 is 10.6 Å². The van der Waals surface area contributed by atoms with Crippen LogP contribution in [0.5, 0.6) is 0 Å². The van der Waals surface area contributed by atoms with E-state index in [-0.39, 0.29) is 5.54 Å². The van der Waals surface area contributed by atoms with Gasteiger partial charge in [-0.1, -0.05) is 0 Å². The van der Waals surface area contributed by atoms with Gasteiger partial charge in [0.05, 0.1) is 0 Å². The first-order valence-electron chi connectivity index (χ1n) is 5.17. The monoisotopic (exact) mass is 208 g/mol. The fraction of sp³-hybridized carbons (Fsp3) is 0.636. The van der Waals surface area contributed by atoms with Gasteiger partial charge in [-0.3, -0.25) is 0 Å². The molecule has 0 bridgehead atoms. The van der Waals surface area contributed by atoms with Gasteiger partial charge in [-0.2, -0.15) is 0 Å². The lowest BCUT2D eigenvalue weighted by atomic mass is 10.0. The predicted molar refractivity (Wildman–Crippen MR) is 62.9 cm³/mol. The molecular weight excluding hydrogens is 188 g/mol. The van der Waals surface area contributed by atoms with E-state index in [9.17, 15) is 0 Å². The number of nitrogens with zero attached hydrogens (tertiary/aromatic N) is 3. The zero-order valence-electron chi connectivity index (χ0n) is 9.99. The van der Waals surface area contributed by atoms with E-state index in [0.29, 0.717) is 0 Å². The molecule has 1 aromatic heterocycles. The standard InChI is InChI=1S/C11H20N4/c1-9-7-13-10(14-8-9)15(4)6-5-11(2,3)12/h7-8H,5-6,12H2,1-4H3. The van der Waals surface area contributed by atoms with E-state index < -0.39 is 0 Å². The Hall–Kier alpha value is -1.16. The molecule has 0 aromatic carbocycles. The van der Waals surface area contributed by atoms with E-state index in [1.54, 1.807) is 0 Å². The molecule has 0 atom stereocenters. The molecule has 0 aliphatic rings. The Labute approximate surface area is 91.5 Å². The fourth-order valence-corrected chi connectivity index (χ4v) is 1.14. The van der Waals surface area contributed by atoms with E-state index in [0.717, 1.165) is 24.5 Å². The van der Waals surface area contributed by atoms with Crippen LogP contribution in [0.25, 0.3) is 0 Å². The zero-order valence-corrected chi connectivity index (χ0v) is 9.99. The maximum Gasteiger partial charge on any atom is 0.224 e. The number of aryl methyl sites for hydroxylation is 1. The largest absolute Gasteiger partial charge is 0.344 e. The van der Waals surface area contributed by atoms with Crippen molar-refractivity contribution >= 4 is 5.95 Å². The SMILES string of the molecule is Cc1cnc(N(C)CCC(C)(C)N)nc1. The van der Waals surface area contributed by atoms with Gasteiger partial charge < -0.3 is 10.6 Å². The maximum absolute atomic E-state index is 5.92. The highest BCUT2D eigenvalue weighted by atomic mass is 15.2. The summed E-state index contributed by atoms with van der Waals surface area (Å²) >= 11 is 0. The number of hydrogen-bond acceptors (Lipinski definition) is 4. The molecule has 0 saturated heterocycles. The molecule has 15 heavy (non-hydrogen) atoms. The molecule has 84 valence electrons. The van der Waals surface area contributed by atoms with Gasteiger partial charge >= 0.3 is 0 Å². The van der Waals surface area contributed by atoms with E-state index in [4.69, 9.17) is 5.73 Å². The molecule has 0 radical (unpaired) electrons. The average Bonchev–Trinajstić information content (AvgIpc) is 2.14. The Morgan fingerprint density at radius 3 is 2.33 bits per heavy atom. The lowest BCUT2D eigenvalue weighted by Crippen LogP contribution is -2.36. The highest BCUT2D eigenvalue weighted by molar-refractivity contribution is 5.27. The molecule has 0 saturated carbocycles. The predicted octanol–water partition coefficient (Wildman–Crippen LogP) is 1.35. The van der Waals surface area contributed by atoms with Crippen LogP contribution >= 0.6 is 0 Å². The summed E-state index contributed by atoms with van der Waals surface area (Å²) in [6.07, 6.45) is 4.57. The molecule has 4 heteroatoms. The number of aromatic nitrogens is 2. The van der Waals surface area contributed by atoms with Gasteiger partial charge in [0.15, 0.2) is 0 Å². The van der Waals surface area contributed by atoms with Crippen LogP contribution in [0.2, 0.25) is 0 Å². The summed E-state index contributed by atoms with van der Waals surface area (Å²) in [7, 11) is 1.98. The molecule has 0 aliphatic carbocycles. The number of hydrogen-bond donors (Lipinski definition) is 1. The second-order valence-electron chi connectivity index (χ2n) is 4.72. The van der Waals surface area contributed by atoms with Gasteiger partial charge in [0.1, 0.15) is 0 Å². The lowest BCUT2D eigenvalue weighted by Gasteiger charge is -2.23. The summed E-state index contributed by atoms with van der Waals surface area (Å²) in [4.78, 5) is 10.5. The van der Waals surface area contributed by atoms with Crippen molar-refractivity contribution in [2.24, 2.45) is 5.73 Å². The summed E-state index contributed by atoms with van der Waals surface area (Å²) in [5.41, 5.74) is 6.85. The Kier molecular flexibility index (Phi) is 3.63. The Morgan fingerprint density at radius 1 is 1.33 bits per heavy atom. The van der Waals surface area contributed by atoms with Crippen molar-refractivity contribution in [1.29, 1.82) is 0 Å². The van der Waals surface area contributed by atoms with Crippen LogP contribution in [0.3, 0.4) is 0 Å². The summed E-state index contributed by atoms with van der Waals surface area (Å²) in [6.45, 7) is 6.90. The molecular formula is C11H20N4. The van der Waals surface area contributed by atoms with Crippen molar-refractivity contribution in [3.05, 3.63) is 18.0 Å². The molecule has 1 rings (SSSR count). The van der Waals surface area contributed by atoms with Crippen molar-refractivity contribution in [3.63, 3.8) is 0 Å². The van der Waals surface area contributed by atoms with Gasteiger partial charge in [0, 0.05) is 31.5 Å². The van der Waals surface area contributed by atoms with Crippen molar-refractivity contribution in [2.75, 3.05) is 18.5 Å². The van der Waals surface area contributed by atoms with Gasteiger partial charge in [0.2, 0.25) is 5.95 Å². The van der Waals surface area contributed by atoms with Gasteiger partial charge in [-0.15, -0.1) is 0 Å². The second-order valence-corrected chi connectivity index (χ2v) is 4.72. The van der Waals surface area contributed by atoms with E-state index in [1.807, 2.05) is 45.1 Å². The second kappa shape index (κ2) is 4.57. The Bertz CT molecular complexity index is 299. The van der Waals surface area contributed by atoms with Crippen LogP contribution in [0.4, 0.5) is 5.95 Å². The zero-order chi connectivity index (χ0) is 11.5. The number of nitrogens with two attached hydrogens (primary N) is 1. The highest BCUT2D eigenvalue weighted by Gasteiger charge is 2.12. The minimum atomic E-state index is -0.140. The normalized spacial score (nSPS) is 11.5. The topological polar surface area (TPSA) is 55.0 Å². The fourth-order valence-electron chi connectivity index (χ4n) is 1.14. The third-order valence-electron chi connectivity index (χ3n) is 2.20. The molecule has 0 amide bonds. The first kappa shape index (κ1) is 11.9. The van der Waals surface area contributed by atoms with Gasteiger partial charge in [-0.05, 0) is 32.8 Å². The first-order valence-corrected chi connectivity index (χ1v) is 5.17. The highest BCUT2D eigenvalue weighted by Crippen LogP contribution is 2.09. The number of rotatable bonds is 4. The average molecular weight is 208 g/mol. The smallest absolute Gasteiger partial charge is 0.224 e. The molecule has 2 N–H and O–H groups in total. The van der Waals surface area contributed by atoms with Crippen LogP contribution in [-0.2, 0) is 0 Å². The third kappa shape index (κ3) is 4.25. The van der Waals surface area contributed by atoms with Crippen molar-refractivity contribution in [1.82, 2.24) is 9.97 Å². The molecule has 1 aromatic rings. The lowest BCUT2D eigenvalue weighted by molar-refractivity contribution is 0.477. The minimum Gasteiger partial charge on any atom is -0.344 e. The minimum absolute atomic E-state index is 0.140. The first-order chi connectivity index (χ1) is 6.88. The molecule has 0 fully saturated rings. The van der Waals surface area contributed by atoms with Crippen molar-refractivity contribution in [2.45, 2.75) is 32.7 Å². The summed E-state index contributed by atoms with van der Waals surface area (Å²) < 4.78 is 0. The van der Waals surface area contributed by atoms with E-state index in [2.05, 4.69) is 9.97 Å². The van der Waals surface area contributed by atoms with Crippen LogP contribution in [0, 0.1) is 6.92 Å². The molecule has 4 nitrogen and oxygen atoms in total. The quantitative estimate of drug-likeness (QED) is 0.811. The van der Waals surface area contributed by atoms with Gasteiger partial charge in [-0.25, -0.2) is 9.97 Å². The van der Waals surface area contributed by atoms with E-state index in [1.165, 1.54) is 0 Å². The van der Waals surface area contributed by atoms with Crippen molar-refractivity contribution < 1.29 is 0 Å². The summed E-state index contributed by atoms with van der Waals surface area (Å²) in [5.74, 6) is 0.754. The number of anilines is 1. The van der Waals surface area contributed by atoms with Gasteiger partial charge in [0.25, 0.3) is 0 Å². The third-order valence-corrected chi connectivity index (χ3v) is 2.20.